The second-order valence-electron chi connectivity index (χ2n) is 6.75. The molecular formula is C20H32F4O2. The molecular weight excluding hydrogens is 348 g/mol. The minimum atomic E-state index is -3.28. The number of allylic oxidation sites excluding steroid dienone is 2. The Morgan fingerprint density at radius 1 is 0.692 bits per heavy atom. The molecule has 0 aromatic carbocycles. The van der Waals surface area contributed by atoms with Crippen LogP contribution in [0.3, 0.4) is 0 Å². The Labute approximate surface area is 154 Å². The third kappa shape index (κ3) is 6.60. The molecule has 0 heterocycles. The lowest BCUT2D eigenvalue weighted by atomic mass is 10.1. The molecule has 1 aliphatic rings. The van der Waals surface area contributed by atoms with Crippen molar-refractivity contribution in [1.29, 1.82) is 0 Å². The van der Waals surface area contributed by atoms with Gasteiger partial charge < -0.3 is 9.47 Å². The van der Waals surface area contributed by atoms with E-state index >= 15 is 0 Å². The first-order valence-corrected chi connectivity index (χ1v) is 9.91. The third-order valence-electron chi connectivity index (χ3n) is 4.45. The van der Waals surface area contributed by atoms with Crippen LogP contribution in [0.25, 0.3) is 0 Å². The van der Waals surface area contributed by atoms with Gasteiger partial charge in [-0.3, -0.25) is 0 Å². The largest absolute Gasteiger partial charge is 0.489 e. The predicted molar refractivity (Wildman–Crippen MR) is 95.3 cm³/mol. The molecule has 0 fully saturated rings. The van der Waals surface area contributed by atoms with Gasteiger partial charge in [0.1, 0.15) is 0 Å². The Bertz CT molecular complexity index is 476. The number of hydrogen-bond acceptors (Lipinski definition) is 2. The van der Waals surface area contributed by atoms with Crippen molar-refractivity contribution in [3.63, 3.8) is 0 Å². The lowest BCUT2D eigenvalue weighted by Gasteiger charge is -2.23. The molecule has 0 aromatic rings. The van der Waals surface area contributed by atoms with Crippen LogP contribution < -0.4 is 0 Å². The molecule has 6 heteroatoms. The molecule has 26 heavy (non-hydrogen) atoms. The second kappa shape index (κ2) is 12.4. The van der Waals surface area contributed by atoms with Crippen LogP contribution in [0.2, 0.25) is 0 Å². The van der Waals surface area contributed by atoms with Gasteiger partial charge in [-0.15, -0.1) is 0 Å². The summed E-state index contributed by atoms with van der Waals surface area (Å²) in [6.45, 7) is 3.98. The van der Waals surface area contributed by atoms with Crippen molar-refractivity contribution in [2.45, 2.75) is 90.3 Å². The van der Waals surface area contributed by atoms with Crippen molar-refractivity contribution >= 4 is 0 Å². The van der Waals surface area contributed by atoms with Crippen LogP contribution in [0, 0.1) is 0 Å². The molecule has 2 nitrogen and oxygen atoms in total. The molecule has 0 spiro atoms. The molecule has 1 unspecified atom stereocenters. The Morgan fingerprint density at radius 3 is 1.81 bits per heavy atom. The highest BCUT2D eigenvalue weighted by Gasteiger charge is 2.54. The van der Waals surface area contributed by atoms with Gasteiger partial charge in [0, 0.05) is 0 Å². The van der Waals surface area contributed by atoms with Crippen molar-refractivity contribution in [2.24, 2.45) is 0 Å². The number of hydrogen-bond donors (Lipinski definition) is 0. The van der Waals surface area contributed by atoms with E-state index in [9.17, 15) is 17.6 Å². The van der Waals surface area contributed by atoms with Gasteiger partial charge in [0.2, 0.25) is 17.4 Å². The maximum Gasteiger partial charge on any atom is 0.326 e. The van der Waals surface area contributed by atoms with E-state index in [0.717, 1.165) is 38.5 Å². The van der Waals surface area contributed by atoms with Crippen molar-refractivity contribution in [3.05, 3.63) is 23.2 Å². The Kier molecular flexibility index (Phi) is 10.9. The van der Waals surface area contributed by atoms with E-state index in [4.69, 9.17) is 9.47 Å². The van der Waals surface area contributed by atoms with Crippen LogP contribution in [0.5, 0.6) is 0 Å². The zero-order valence-electron chi connectivity index (χ0n) is 16.0. The fourth-order valence-electron chi connectivity index (χ4n) is 2.84. The fraction of sp³-hybridized carbons (Fsp3) is 0.800. The van der Waals surface area contributed by atoms with Crippen molar-refractivity contribution in [2.75, 3.05) is 13.2 Å². The lowest BCUT2D eigenvalue weighted by Crippen LogP contribution is -2.31. The van der Waals surface area contributed by atoms with E-state index < -0.39 is 29.1 Å². The Morgan fingerprint density at radius 2 is 1.19 bits per heavy atom. The van der Waals surface area contributed by atoms with Gasteiger partial charge in [0.05, 0.1) is 13.2 Å². The summed E-state index contributed by atoms with van der Waals surface area (Å²) in [5, 5.41) is 0. The number of ether oxygens (including phenoxy) is 2. The zero-order chi connectivity index (χ0) is 19.4. The van der Waals surface area contributed by atoms with Crippen LogP contribution >= 0.6 is 0 Å². The van der Waals surface area contributed by atoms with E-state index in [1.54, 1.807) is 0 Å². The first-order chi connectivity index (χ1) is 12.5. The summed E-state index contributed by atoms with van der Waals surface area (Å²) < 4.78 is 65.8. The van der Waals surface area contributed by atoms with Gasteiger partial charge in [-0.2, -0.15) is 8.78 Å². The average Bonchev–Trinajstić information content (AvgIpc) is 2.79. The standard InChI is InChI=1S/C20H32F4O2/c1-3-5-7-8-9-10-11-13-15-26-20(24)18(23)16(21)17(22)19(20)25-14-12-6-4-2/h3-15H2,1-2H3. The molecule has 1 rings (SSSR count). The number of halogens is 4. The molecule has 0 saturated heterocycles. The first-order valence-electron chi connectivity index (χ1n) is 9.91. The molecule has 1 aliphatic carbocycles. The summed E-state index contributed by atoms with van der Waals surface area (Å²) in [6, 6.07) is 0. The number of rotatable bonds is 15. The van der Waals surface area contributed by atoms with Crippen LogP contribution in [0.15, 0.2) is 23.2 Å². The van der Waals surface area contributed by atoms with Gasteiger partial charge in [-0.05, 0) is 12.8 Å². The molecule has 0 radical (unpaired) electrons. The molecule has 0 aliphatic heterocycles. The number of unbranched alkanes of at least 4 members (excludes halogenated alkanes) is 9. The highest BCUT2D eigenvalue weighted by atomic mass is 19.2. The van der Waals surface area contributed by atoms with Gasteiger partial charge in [0.15, 0.2) is 5.83 Å². The van der Waals surface area contributed by atoms with E-state index in [1.165, 1.54) is 19.3 Å². The normalized spacial score (nSPS) is 20.4. The summed E-state index contributed by atoms with van der Waals surface area (Å²) in [7, 11) is 0. The van der Waals surface area contributed by atoms with Crippen LogP contribution in [-0.2, 0) is 9.47 Å². The summed E-state index contributed by atoms with van der Waals surface area (Å²) >= 11 is 0. The summed E-state index contributed by atoms with van der Waals surface area (Å²) in [6.07, 6.45) is 10.4. The second-order valence-corrected chi connectivity index (χ2v) is 6.75. The van der Waals surface area contributed by atoms with E-state index in [0.29, 0.717) is 12.8 Å². The van der Waals surface area contributed by atoms with Crippen LogP contribution in [-0.4, -0.2) is 19.1 Å². The van der Waals surface area contributed by atoms with Crippen molar-refractivity contribution in [1.82, 2.24) is 0 Å². The fourth-order valence-corrected chi connectivity index (χ4v) is 2.84. The van der Waals surface area contributed by atoms with Gasteiger partial charge >= 0.3 is 5.85 Å². The maximum atomic E-state index is 14.8. The van der Waals surface area contributed by atoms with Crippen molar-refractivity contribution < 1.29 is 27.0 Å². The van der Waals surface area contributed by atoms with Crippen LogP contribution in [0.1, 0.15) is 84.5 Å². The molecule has 0 aromatic heterocycles. The Hall–Kier alpha value is -1.04. The molecule has 0 N–H and O–H groups in total. The van der Waals surface area contributed by atoms with Crippen LogP contribution in [0.4, 0.5) is 17.6 Å². The monoisotopic (exact) mass is 380 g/mol. The topological polar surface area (TPSA) is 18.5 Å². The van der Waals surface area contributed by atoms with Crippen molar-refractivity contribution in [3.8, 4) is 0 Å². The molecule has 152 valence electrons. The first kappa shape index (κ1) is 23.0. The highest BCUT2D eigenvalue weighted by molar-refractivity contribution is 5.42. The summed E-state index contributed by atoms with van der Waals surface area (Å²) in [5.74, 6) is -9.70. The highest BCUT2D eigenvalue weighted by Crippen LogP contribution is 2.46. The predicted octanol–water partition coefficient (Wildman–Crippen LogP) is 7.36. The lowest BCUT2D eigenvalue weighted by molar-refractivity contribution is -0.130. The smallest absolute Gasteiger partial charge is 0.326 e. The summed E-state index contributed by atoms with van der Waals surface area (Å²) in [5.41, 5.74) is 0. The SMILES string of the molecule is CCCCCCCCCCOC1(F)C(F)=C(F)C(F)=C1OCCCCC. The number of alkyl halides is 1. The minimum absolute atomic E-state index is 0.00998. The van der Waals surface area contributed by atoms with Gasteiger partial charge in [-0.25, -0.2) is 8.78 Å². The molecule has 0 bridgehead atoms. The van der Waals surface area contributed by atoms with Gasteiger partial charge in [-0.1, -0.05) is 71.6 Å². The van der Waals surface area contributed by atoms with Gasteiger partial charge in [0.25, 0.3) is 0 Å². The zero-order valence-corrected chi connectivity index (χ0v) is 16.0. The molecule has 0 amide bonds. The quantitative estimate of drug-likeness (QED) is 0.218. The maximum absolute atomic E-state index is 14.8. The molecule has 0 saturated carbocycles. The molecule has 1 atom stereocenters. The summed E-state index contributed by atoms with van der Waals surface area (Å²) in [4.78, 5) is 0. The van der Waals surface area contributed by atoms with E-state index in [2.05, 4.69) is 6.92 Å². The van der Waals surface area contributed by atoms with E-state index in [1.807, 2.05) is 6.92 Å². The average molecular weight is 380 g/mol. The van der Waals surface area contributed by atoms with E-state index in [-0.39, 0.29) is 13.2 Å². The third-order valence-corrected chi connectivity index (χ3v) is 4.45. The Balaban J connectivity index is 2.41. The minimum Gasteiger partial charge on any atom is -0.489 e.